The lowest BCUT2D eigenvalue weighted by Gasteiger charge is -2.20. The Kier molecular flexibility index (Phi) is 3.31. The first-order valence-corrected chi connectivity index (χ1v) is 7.97. The van der Waals surface area contributed by atoms with Crippen LogP contribution in [-0.4, -0.2) is 26.3 Å². The summed E-state index contributed by atoms with van der Waals surface area (Å²) in [7, 11) is 1.75. The first kappa shape index (κ1) is 15.4. The number of anilines is 2. The molecule has 3 aromatic rings. The third kappa shape index (κ3) is 2.18. The molecule has 0 N–H and O–H groups in total. The number of halogens is 4. The van der Waals surface area contributed by atoms with Gasteiger partial charge in [-0.25, -0.2) is 14.6 Å². The highest BCUT2D eigenvalue weighted by Crippen LogP contribution is 2.43. The predicted octanol–water partition coefficient (Wildman–Crippen LogP) is 3.84. The fourth-order valence-corrected chi connectivity index (χ4v) is 3.74. The van der Waals surface area contributed by atoms with Gasteiger partial charge in [0.15, 0.2) is 5.65 Å². The van der Waals surface area contributed by atoms with Crippen molar-refractivity contribution in [1.82, 2.24) is 19.7 Å². The largest absolute Gasteiger partial charge is 0.416 e. The Balaban J connectivity index is 1.92. The zero-order valence-corrected chi connectivity index (χ0v) is 14.1. The molecule has 124 valence electrons. The van der Waals surface area contributed by atoms with Crippen LogP contribution in [0.5, 0.6) is 0 Å². The molecule has 3 heterocycles. The number of hydrogen-bond donors (Lipinski definition) is 0. The molecule has 2 aromatic heterocycles. The lowest BCUT2D eigenvalue weighted by atomic mass is 10.0. The summed E-state index contributed by atoms with van der Waals surface area (Å²) in [6.45, 7) is 0.426. The molecule has 24 heavy (non-hydrogen) atoms. The Labute approximate surface area is 143 Å². The molecule has 1 aliphatic rings. The van der Waals surface area contributed by atoms with Crippen LogP contribution < -0.4 is 4.90 Å². The molecule has 4 rings (SSSR count). The van der Waals surface area contributed by atoms with E-state index in [1.165, 1.54) is 12.4 Å². The lowest BCUT2D eigenvalue weighted by molar-refractivity contribution is -0.138. The van der Waals surface area contributed by atoms with Gasteiger partial charge in [-0.15, -0.1) is 0 Å². The number of aromatic nitrogens is 4. The van der Waals surface area contributed by atoms with E-state index in [4.69, 9.17) is 0 Å². The van der Waals surface area contributed by atoms with E-state index >= 15 is 0 Å². The minimum absolute atomic E-state index is 0.303. The summed E-state index contributed by atoms with van der Waals surface area (Å²) in [5.41, 5.74) is 0.864. The summed E-state index contributed by atoms with van der Waals surface area (Å²) in [4.78, 5) is 10.3. The Morgan fingerprint density at radius 3 is 2.75 bits per heavy atom. The summed E-state index contributed by atoms with van der Waals surface area (Å²) >= 11 is 3.38. The number of aryl methyl sites for hydroxylation is 1. The van der Waals surface area contributed by atoms with Crippen LogP contribution in [-0.2, 0) is 19.6 Å². The molecule has 0 aliphatic carbocycles. The smallest absolute Gasteiger partial charge is 0.325 e. The molecule has 0 atom stereocenters. The molecule has 0 amide bonds. The van der Waals surface area contributed by atoms with Gasteiger partial charge in [0.25, 0.3) is 0 Å². The van der Waals surface area contributed by atoms with E-state index < -0.39 is 11.7 Å². The summed E-state index contributed by atoms with van der Waals surface area (Å²) < 4.78 is 41.9. The fourth-order valence-electron chi connectivity index (χ4n) is 3.15. The first-order valence-electron chi connectivity index (χ1n) is 7.17. The van der Waals surface area contributed by atoms with Crippen molar-refractivity contribution in [2.45, 2.75) is 12.6 Å². The van der Waals surface area contributed by atoms with Crippen molar-refractivity contribution < 1.29 is 13.2 Å². The number of benzene rings is 1. The maximum absolute atomic E-state index is 13.2. The SMILES string of the molecule is Cn1nc(Br)c2c(N3CCc4c3cccc4C(F)(F)F)ncnc21. The molecule has 0 fully saturated rings. The number of fused-ring (bicyclic) bond motifs is 2. The second kappa shape index (κ2) is 5.17. The Bertz CT molecular complexity index is 950. The fraction of sp³-hybridized carbons (Fsp3) is 0.267. The van der Waals surface area contributed by atoms with E-state index in [0.29, 0.717) is 45.7 Å². The second-order valence-corrected chi connectivity index (χ2v) is 6.26. The van der Waals surface area contributed by atoms with E-state index in [0.717, 1.165) is 6.07 Å². The summed E-state index contributed by atoms with van der Waals surface area (Å²) in [6, 6.07) is 4.24. The minimum atomic E-state index is -4.36. The number of nitrogens with zero attached hydrogens (tertiary/aromatic N) is 5. The van der Waals surface area contributed by atoms with Gasteiger partial charge in [0.1, 0.15) is 16.7 Å². The van der Waals surface area contributed by atoms with Crippen LogP contribution in [0.2, 0.25) is 0 Å². The van der Waals surface area contributed by atoms with Gasteiger partial charge in [0.05, 0.1) is 10.9 Å². The van der Waals surface area contributed by atoms with Gasteiger partial charge in [0, 0.05) is 19.3 Å². The summed E-state index contributed by atoms with van der Waals surface area (Å²) in [6.07, 6.45) is -2.65. The highest BCUT2D eigenvalue weighted by Gasteiger charge is 2.37. The zero-order chi connectivity index (χ0) is 17.1. The van der Waals surface area contributed by atoms with Crippen LogP contribution in [0.4, 0.5) is 24.7 Å². The van der Waals surface area contributed by atoms with Crippen LogP contribution in [0.1, 0.15) is 11.1 Å². The molecule has 9 heteroatoms. The topological polar surface area (TPSA) is 46.8 Å². The Morgan fingerprint density at radius 1 is 1.21 bits per heavy atom. The highest BCUT2D eigenvalue weighted by molar-refractivity contribution is 9.10. The lowest BCUT2D eigenvalue weighted by Crippen LogP contribution is -2.15. The van der Waals surface area contributed by atoms with Gasteiger partial charge in [-0.2, -0.15) is 18.3 Å². The molecular formula is C15H11BrF3N5. The maximum atomic E-state index is 13.2. The Hall–Kier alpha value is -2.16. The van der Waals surface area contributed by atoms with Crippen LogP contribution in [0.15, 0.2) is 29.1 Å². The Morgan fingerprint density at radius 2 is 2.00 bits per heavy atom. The van der Waals surface area contributed by atoms with Gasteiger partial charge in [0.2, 0.25) is 0 Å². The highest BCUT2D eigenvalue weighted by atomic mass is 79.9. The van der Waals surface area contributed by atoms with E-state index in [1.807, 2.05) is 0 Å². The van der Waals surface area contributed by atoms with E-state index in [9.17, 15) is 13.2 Å². The summed E-state index contributed by atoms with van der Waals surface area (Å²) in [5, 5.41) is 4.94. The maximum Gasteiger partial charge on any atom is 0.416 e. The molecule has 0 bridgehead atoms. The number of hydrogen-bond acceptors (Lipinski definition) is 4. The normalized spacial score (nSPS) is 14.5. The average molecular weight is 398 g/mol. The molecule has 1 aromatic carbocycles. The predicted molar refractivity (Wildman–Crippen MR) is 86.2 cm³/mol. The molecule has 0 unspecified atom stereocenters. The van der Waals surface area contributed by atoms with Crippen LogP contribution >= 0.6 is 15.9 Å². The second-order valence-electron chi connectivity index (χ2n) is 5.51. The first-order chi connectivity index (χ1) is 11.4. The van der Waals surface area contributed by atoms with Gasteiger partial charge in [-0.05, 0) is 40.0 Å². The summed E-state index contributed by atoms with van der Waals surface area (Å²) in [5.74, 6) is 0.554. The van der Waals surface area contributed by atoms with E-state index in [-0.39, 0.29) is 0 Å². The standard InChI is InChI=1S/C15H11BrF3N5/c1-23-13-11(12(16)22-23)14(21-7-20-13)24-6-5-8-9(15(17,18)19)3-2-4-10(8)24/h2-4,7H,5-6H2,1H3. The van der Waals surface area contributed by atoms with Gasteiger partial charge in [-0.3, -0.25) is 0 Å². The third-order valence-electron chi connectivity index (χ3n) is 4.15. The quantitative estimate of drug-likeness (QED) is 0.625. The molecule has 0 spiro atoms. The van der Waals surface area contributed by atoms with Crippen molar-refractivity contribution in [2.24, 2.45) is 7.05 Å². The minimum Gasteiger partial charge on any atom is -0.325 e. The molecule has 5 nitrogen and oxygen atoms in total. The van der Waals surface area contributed by atoms with Crippen molar-refractivity contribution in [3.63, 3.8) is 0 Å². The van der Waals surface area contributed by atoms with E-state index in [2.05, 4.69) is 31.0 Å². The van der Waals surface area contributed by atoms with Gasteiger partial charge in [-0.1, -0.05) is 6.07 Å². The van der Waals surface area contributed by atoms with Crippen molar-refractivity contribution in [1.29, 1.82) is 0 Å². The van der Waals surface area contributed by atoms with Crippen LogP contribution in [0.3, 0.4) is 0 Å². The van der Waals surface area contributed by atoms with Crippen molar-refractivity contribution >= 4 is 38.5 Å². The van der Waals surface area contributed by atoms with Gasteiger partial charge < -0.3 is 4.90 Å². The monoisotopic (exact) mass is 397 g/mol. The molecule has 0 saturated carbocycles. The molecular weight excluding hydrogens is 387 g/mol. The molecule has 1 aliphatic heterocycles. The molecule has 0 radical (unpaired) electrons. The average Bonchev–Trinajstić information content (AvgIpc) is 3.08. The number of rotatable bonds is 1. The van der Waals surface area contributed by atoms with Crippen molar-refractivity contribution in [2.75, 3.05) is 11.4 Å². The third-order valence-corrected chi connectivity index (χ3v) is 4.70. The van der Waals surface area contributed by atoms with Crippen LogP contribution in [0.25, 0.3) is 11.0 Å². The van der Waals surface area contributed by atoms with Gasteiger partial charge >= 0.3 is 6.18 Å². The number of alkyl halides is 3. The van der Waals surface area contributed by atoms with Crippen molar-refractivity contribution in [3.05, 3.63) is 40.3 Å². The van der Waals surface area contributed by atoms with Crippen molar-refractivity contribution in [3.8, 4) is 0 Å². The zero-order valence-electron chi connectivity index (χ0n) is 12.5. The van der Waals surface area contributed by atoms with Crippen LogP contribution in [0, 0.1) is 0 Å². The van der Waals surface area contributed by atoms with E-state index in [1.54, 1.807) is 22.7 Å². The molecule has 0 saturated heterocycles.